The fourth-order valence-electron chi connectivity index (χ4n) is 3.09. The summed E-state index contributed by atoms with van der Waals surface area (Å²) in [6, 6.07) is 8.24. The van der Waals surface area contributed by atoms with Gasteiger partial charge in [0.05, 0.1) is 16.5 Å². The van der Waals surface area contributed by atoms with Crippen LogP contribution in [0.15, 0.2) is 29.2 Å². The lowest BCUT2D eigenvalue weighted by atomic mass is 9.90. The minimum absolute atomic E-state index is 0.223. The molecule has 0 radical (unpaired) electrons. The predicted octanol–water partition coefficient (Wildman–Crippen LogP) is 0.788. The quantitative estimate of drug-likeness (QED) is 0.874. The summed E-state index contributed by atoms with van der Waals surface area (Å²) >= 11 is 0. The molecule has 2 aliphatic heterocycles. The van der Waals surface area contributed by atoms with E-state index < -0.39 is 10.0 Å². The van der Waals surface area contributed by atoms with Gasteiger partial charge in [-0.1, -0.05) is 6.07 Å². The lowest BCUT2D eigenvalue weighted by molar-refractivity contribution is 0.228. The second kappa shape index (κ2) is 5.17. The number of nitrogens with zero attached hydrogens (tertiary/aromatic N) is 2. The Hall–Kier alpha value is -1.42. The molecule has 0 amide bonds. The molecule has 0 aromatic heterocycles. The topological polar surface area (TPSA) is 73.2 Å². The van der Waals surface area contributed by atoms with Crippen LogP contribution in [0.2, 0.25) is 0 Å². The van der Waals surface area contributed by atoms with Crippen molar-refractivity contribution in [2.24, 2.45) is 11.8 Å². The third-order valence-electron chi connectivity index (χ3n) is 4.27. The van der Waals surface area contributed by atoms with E-state index in [0.717, 1.165) is 19.5 Å². The minimum atomic E-state index is -3.48. The van der Waals surface area contributed by atoms with E-state index in [0.29, 0.717) is 30.5 Å². The summed E-state index contributed by atoms with van der Waals surface area (Å²) in [7, 11) is -3.48. The van der Waals surface area contributed by atoms with Gasteiger partial charge in [-0.15, -0.1) is 0 Å². The van der Waals surface area contributed by atoms with Crippen LogP contribution in [-0.4, -0.2) is 38.9 Å². The van der Waals surface area contributed by atoms with Crippen molar-refractivity contribution in [1.82, 2.24) is 9.62 Å². The molecule has 2 fully saturated rings. The van der Waals surface area contributed by atoms with Crippen molar-refractivity contribution < 1.29 is 8.42 Å². The molecule has 3 rings (SSSR count). The molecule has 1 aromatic carbocycles. The Labute approximate surface area is 119 Å². The largest absolute Gasteiger partial charge is 0.316 e. The fraction of sp³-hybridized carbons (Fsp3) is 0.500. The van der Waals surface area contributed by atoms with Crippen molar-refractivity contribution in [3.05, 3.63) is 29.8 Å². The molecule has 0 spiro atoms. The highest BCUT2D eigenvalue weighted by molar-refractivity contribution is 7.89. The van der Waals surface area contributed by atoms with Crippen LogP contribution in [0.3, 0.4) is 0 Å². The molecule has 1 N–H and O–H groups in total. The van der Waals surface area contributed by atoms with Gasteiger partial charge >= 0.3 is 0 Å². The molecule has 2 saturated heterocycles. The smallest absolute Gasteiger partial charge is 0.243 e. The minimum Gasteiger partial charge on any atom is -0.316 e. The first kappa shape index (κ1) is 13.6. The van der Waals surface area contributed by atoms with E-state index >= 15 is 0 Å². The van der Waals surface area contributed by atoms with Crippen LogP contribution in [0.4, 0.5) is 0 Å². The number of nitriles is 1. The van der Waals surface area contributed by atoms with Crippen LogP contribution in [0, 0.1) is 23.2 Å². The van der Waals surface area contributed by atoms with E-state index in [1.54, 1.807) is 22.5 Å². The van der Waals surface area contributed by atoms with E-state index in [2.05, 4.69) is 5.32 Å². The summed E-state index contributed by atoms with van der Waals surface area (Å²) in [6.07, 6.45) is 0.912. The molecule has 1 aromatic rings. The summed E-state index contributed by atoms with van der Waals surface area (Å²) in [5.74, 6) is 1.02. The SMILES string of the molecule is N#Cc1cccc(S(=O)(=O)N2CCC3CNCC3C2)c1. The first-order valence-corrected chi connectivity index (χ1v) is 8.26. The second-order valence-electron chi connectivity index (χ2n) is 5.47. The maximum absolute atomic E-state index is 12.6. The number of nitrogens with one attached hydrogen (secondary N) is 1. The fourth-order valence-corrected chi connectivity index (χ4v) is 4.65. The zero-order chi connectivity index (χ0) is 14.2. The maximum atomic E-state index is 12.6. The Kier molecular flexibility index (Phi) is 3.50. The van der Waals surface area contributed by atoms with E-state index in [4.69, 9.17) is 5.26 Å². The van der Waals surface area contributed by atoms with Crippen molar-refractivity contribution >= 4 is 10.0 Å². The Bertz CT molecular complexity index is 651. The molecule has 20 heavy (non-hydrogen) atoms. The average Bonchev–Trinajstić information content (AvgIpc) is 2.94. The number of benzene rings is 1. The number of hydrogen-bond acceptors (Lipinski definition) is 4. The van der Waals surface area contributed by atoms with Crippen LogP contribution in [-0.2, 0) is 10.0 Å². The maximum Gasteiger partial charge on any atom is 0.243 e. The van der Waals surface area contributed by atoms with Crippen molar-refractivity contribution in [2.45, 2.75) is 11.3 Å². The molecular formula is C14H17N3O2S. The normalized spacial score (nSPS) is 26.9. The monoisotopic (exact) mass is 291 g/mol. The third-order valence-corrected chi connectivity index (χ3v) is 6.13. The van der Waals surface area contributed by atoms with Gasteiger partial charge in [0, 0.05) is 13.1 Å². The molecule has 6 heteroatoms. The van der Waals surface area contributed by atoms with Crippen molar-refractivity contribution in [3.63, 3.8) is 0 Å². The van der Waals surface area contributed by atoms with Crippen LogP contribution in [0.5, 0.6) is 0 Å². The van der Waals surface area contributed by atoms with Gasteiger partial charge in [-0.05, 0) is 49.5 Å². The molecule has 2 aliphatic rings. The first-order chi connectivity index (χ1) is 9.61. The molecule has 5 nitrogen and oxygen atoms in total. The third kappa shape index (κ3) is 2.33. The number of hydrogen-bond donors (Lipinski definition) is 1. The van der Waals surface area contributed by atoms with Crippen molar-refractivity contribution in [3.8, 4) is 6.07 Å². The van der Waals surface area contributed by atoms with Gasteiger partial charge in [0.1, 0.15) is 0 Å². The number of rotatable bonds is 2. The highest BCUT2D eigenvalue weighted by Crippen LogP contribution is 2.30. The van der Waals surface area contributed by atoms with Crippen molar-refractivity contribution in [2.75, 3.05) is 26.2 Å². The standard InChI is InChI=1S/C14H17N3O2S/c15-7-11-2-1-3-14(6-11)20(18,19)17-5-4-12-8-16-9-13(12)10-17/h1-3,6,12-13,16H,4-5,8-10H2. The molecule has 0 bridgehead atoms. The van der Waals surface area contributed by atoms with E-state index in [9.17, 15) is 8.42 Å². The summed E-state index contributed by atoms with van der Waals surface area (Å²) in [5.41, 5.74) is 0.378. The van der Waals surface area contributed by atoms with Crippen LogP contribution in [0.1, 0.15) is 12.0 Å². The summed E-state index contributed by atoms with van der Waals surface area (Å²) in [5, 5.41) is 12.2. The van der Waals surface area contributed by atoms with E-state index in [1.807, 2.05) is 6.07 Å². The van der Waals surface area contributed by atoms with Crippen molar-refractivity contribution in [1.29, 1.82) is 5.26 Å². The predicted molar refractivity (Wildman–Crippen MR) is 74.4 cm³/mol. The zero-order valence-electron chi connectivity index (χ0n) is 11.1. The van der Waals surface area contributed by atoms with Gasteiger partial charge in [-0.25, -0.2) is 8.42 Å². The number of fused-ring (bicyclic) bond motifs is 1. The Morgan fingerprint density at radius 2 is 2.10 bits per heavy atom. The summed E-state index contributed by atoms with van der Waals surface area (Å²) < 4.78 is 26.8. The molecule has 0 saturated carbocycles. The van der Waals surface area contributed by atoms with Crippen LogP contribution < -0.4 is 5.32 Å². The molecule has 2 heterocycles. The highest BCUT2D eigenvalue weighted by atomic mass is 32.2. The lowest BCUT2D eigenvalue weighted by Crippen LogP contribution is -2.43. The zero-order valence-corrected chi connectivity index (χ0v) is 11.9. The Balaban J connectivity index is 1.86. The summed E-state index contributed by atoms with van der Waals surface area (Å²) in [6.45, 7) is 3.05. The molecule has 106 valence electrons. The number of piperidine rings is 1. The second-order valence-corrected chi connectivity index (χ2v) is 7.41. The molecule has 2 atom stereocenters. The molecule has 2 unspecified atom stereocenters. The first-order valence-electron chi connectivity index (χ1n) is 6.82. The van der Waals surface area contributed by atoms with Gasteiger partial charge in [0.2, 0.25) is 10.0 Å². The highest BCUT2D eigenvalue weighted by Gasteiger charge is 2.37. The lowest BCUT2D eigenvalue weighted by Gasteiger charge is -2.33. The molecular weight excluding hydrogens is 274 g/mol. The number of sulfonamides is 1. The van der Waals surface area contributed by atoms with Gasteiger partial charge < -0.3 is 5.32 Å². The van der Waals surface area contributed by atoms with Gasteiger partial charge in [0.25, 0.3) is 0 Å². The van der Waals surface area contributed by atoms with Crippen LogP contribution >= 0.6 is 0 Å². The summed E-state index contributed by atoms with van der Waals surface area (Å²) in [4.78, 5) is 0.223. The van der Waals surface area contributed by atoms with Gasteiger partial charge in [-0.2, -0.15) is 9.57 Å². The molecule has 0 aliphatic carbocycles. The van der Waals surface area contributed by atoms with Gasteiger partial charge in [0.15, 0.2) is 0 Å². The van der Waals surface area contributed by atoms with E-state index in [1.165, 1.54) is 6.07 Å². The Morgan fingerprint density at radius 1 is 1.30 bits per heavy atom. The Morgan fingerprint density at radius 3 is 2.90 bits per heavy atom. The average molecular weight is 291 g/mol. The van der Waals surface area contributed by atoms with Gasteiger partial charge in [-0.3, -0.25) is 0 Å². The van der Waals surface area contributed by atoms with Crippen LogP contribution in [0.25, 0.3) is 0 Å². The van der Waals surface area contributed by atoms with E-state index in [-0.39, 0.29) is 4.90 Å².